The second kappa shape index (κ2) is 6.87. The van der Waals surface area contributed by atoms with Crippen LogP contribution in [0.1, 0.15) is 0 Å². The zero-order chi connectivity index (χ0) is 17.8. The fourth-order valence-corrected chi connectivity index (χ4v) is 2.00. The molecule has 0 saturated carbocycles. The van der Waals surface area contributed by atoms with Gasteiger partial charge in [0.1, 0.15) is 12.1 Å². The number of nitrogens with zero attached hydrogens (tertiary/aromatic N) is 3. The number of hydrogen-bond donors (Lipinski definition) is 1. The van der Waals surface area contributed by atoms with Gasteiger partial charge in [-0.05, 0) is 24.3 Å². The Morgan fingerprint density at radius 1 is 1.04 bits per heavy atom. The molecule has 0 fully saturated rings. The molecule has 0 aliphatic carbocycles. The van der Waals surface area contributed by atoms with Crippen LogP contribution in [0.25, 0.3) is 0 Å². The number of rotatable bonds is 5. The summed E-state index contributed by atoms with van der Waals surface area (Å²) in [7, 11) is 0. The maximum atomic E-state index is 13.3. The largest absolute Gasteiger partial charge is 0.434 e. The van der Waals surface area contributed by atoms with Gasteiger partial charge in [-0.25, -0.2) is 13.8 Å². The second-order valence-corrected chi connectivity index (χ2v) is 4.80. The highest BCUT2D eigenvalue weighted by Crippen LogP contribution is 2.35. The van der Waals surface area contributed by atoms with E-state index in [1.807, 2.05) is 0 Å². The highest BCUT2D eigenvalue weighted by Gasteiger charge is 2.25. The molecule has 0 atom stereocenters. The molecule has 3 aromatic rings. The number of ether oxygens (including phenoxy) is 1. The third-order valence-corrected chi connectivity index (χ3v) is 3.11. The molecular formula is C16H10F2N4O3. The molecule has 0 aliphatic rings. The van der Waals surface area contributed by atoms with Crippen molar-refractivity contribution in [3.05, 3.63) is 76.6 Å². The van der Waals surface area contributed by atoms with Gasteiger partial charge in [-0.1, -0.05) is 18.2 Å². The summed E-state index contributed by atoms with van der Waals surface area (Å²) in [5.74, 6) is -2.27. The standard InChI is InChI=1S/C16H10F2N4O3/c17-12-7-6-10(8-13(12)18)21-15-14(22(23)24)16(20-9-19-15)25-11-4-2-1-3-5-11/h1-9H,(H,19,20,21). The van der Waals surface area contributed by atoms with E-state index in [1.165, 1.54) is 6.07 Å². The lowest BCUT2D eigenvalue weighted by Crippen LogP contribution is -2.04. The molecule has 126 valence electrons. The van der Waals surface area contributed by atoms with Crippen LogP contribution in [0.15, 0.2) is 54.9 Å². The minimum atomic E-state index is -1.09. The van der Waals surface area contributed by atoms with Crippen molar-refractivity contribution in [3.8, 4) is 11.6 Å². The topological polar surface area (TPSA) is 90.2 Å². The average molecular weight is 344 g/mol. The van der Waals surface area contributed by atoms with Crippen molar-refractivity contribution in [2.24, 2.45) is 0 Å². The van der Waals surface area contributed by atoms with E-state index in [9.17, 15) is 18.9 Å². The summed E-state index contributed by atoms with van der Waals surface area (Å²) in [4.78, 5) is 18.3. The summed E-state index contributed by atoms with van der Waals surface area (Å²) in [6.07, 6.45) is 1.06. The Morgan fingerprint density at radius 3 is 2.48 bits per heavy atom. The maximum absolute atomic E-state index is 13.3. The highest BCUT2D eigenvalue weighted by atomic mass is 19.2. The van der Waals surface area contributed by atoms with Crippen molar-refractivity contribution in [1.82, 2.24) is 9.97 Å². The van der Waals surface area contributed by atoms with Crippen molar-refractivity contribution in [2.45, 2.75) is 0 Å². The lowest BCUT2D eigenvalue weighted by atomic mass is 10.3. The summed E-state index contributed by atoms with van der Waals surface area (Å²) in [6.45, 7) is 0. The number of halogens is 2. The third kappa shape index (κ3) is 3.66. The van der Waals surface area contributed by atoms with Crippen molar-refractivity contribution in [2.75, 3.05) is 5.32 Å². The zero-order valence-electron chi connectivity index (χ0n) is 12.5. The van der Waals surface area contributed by atoms with E-state index >= 15 is 0 Å². The molecule has 0 bridgehead atoms. The van der Waals surface area contributed by atoms with E-state index in [2.05, 4.69) is 15.3 Å². The lowest BCUT2D eigenvalue weighted by molar-refractivity contribution is -0.385. The van der Waals surface area contributed by atoms with Gasteiger partial charge in [0.15, 0.2) is 11.6 Å². The van der Waals surface area contributed by atoms with Crippen LogP contribution in [0.5, 0.6) is 11.6 Å². The fourth-order valence-electron chi connectivity index (χ4n) is 2.00. The summed E-state index contributed by atoms with van der Waals surface area (Å²) < 4.78 is 31.7. The number of benzene rings is 2. The monoisotopic (exact) mass is 344 g/mol. The normalized spacial score (nSPS) is 10.3. The molecular weight excluding hydrogens is 334 g/mol. The predicted molar refractivity (Wildman–Crippen MR) is 84.8 cm³/mol. The molecule has 1 heterocycles. The molecule has 25 heavy (non-hydrogen) atoms. The summed E-state index contributed by atoms with van der Waals surface area (Å²) in [5.41, 5.74) is -0.442. The van der Waals surface area contributed by atoms with Gasteiger partial charge in [-0.2, -0.15) is 4.98 Å². The van der Waals surface area contributed by atoms with Gasteiger partial charge in [-0.15, -0.1) is 0 Å². The molecule has 7 nitrogen and oxygen atoms in total. The van der Waals surface area contributed by atoms with Crippen LogP contribution in [0.3, 0.4) is 0 Å². The minimum Gasteiger partial charge on any atom is -0.434 e. The first-order valence-electron chi connectivity index (χ1n) is 6.99. The van der Waals surface area contributed by atoms with E-state index < -0.39 is 22.2 Å². The van der Waals surface area contributed by atoms with E-state index in [4.69, 9.17) is 4.74 Å². The number of aromatic nitrogens is 2. The third-order valence-electron chi connectivity index (χ3n) is 3.11. The number of anilines is 2. The Balaban J connectivity index is 1.97. The van der Waals surface area contributed by atoms with Crippen molar-refractivity contribution >= 4 is 17.2 Å². The molecule has 0 radical (unpaired) electrons. The smallest absolute Gasteiger partial charge is 0.373 e. The van der Waals surface area contributed by atoms with Crippen LogP contribution in [-0.2, 0) is 0 Å². The summed E-state index contributed by atoms with van der Waals surface area (Å²) in [6, 6.07) is 11.3. The van der Waals surface area contributed by atoms with E-state index in [0.717, 1.165) is 18.5 Å². The van der Waals surface area contributed by atoms with Crippen LogP contribution >= 0.6 is 0 Å². The van der Waals surface area contributed by atoms with Gasteiger partial charge in [0.2, 0.25) is 5.82 Å². The molecule has 3 rings (SSSR count). The quantitative estimate of drug-likeness (QED) is 0.551. The summed E-state index contributed by atoms with van der Waals surface area (Å²) in [5, 5.41) is 14.0. The van der Waals surface area contributed by atoms with Crippen molar-refractivity contribution < 1.29 is 18.4 Å². The first kappa shape index (κ1) is 16.2. The average Bonchev–Trinajstić information content (AvgIpc) is 2.59. The number of hydrogen-bond acceptors (Lipinski definition) is 6. The molecule has 9 heteroatoms. The van der Waals surface area contributed by atoms with Crippen LogP contribution in [0.4, 0.5) is 26.0 Å². The molecule has 0 aliphatic heterocycles. The van der Waals surface area contributed by atoms with Crippen molar-refractivity contribution in [3.63, 3.8) is 0 Å². The van der Waals surface area contributed by atoms with Gasteiger partial charge in [0.25, 0.3) is 0 Å². The van der Waals surface area contributed by atoms with Gasteiger partial charge in [0, 0.05) is 11.8 Å². The van der Waals surface area contributed by atoms with E-state index in [0.29, 0.717) is 5.75 Å². The molecule has 0 amide bonds. The Kier molecular flexibility index (Phi) is 4.46. The second-order valence-electron chi connectivity index (χ2n) is 4.80. The maximum Gasteiger partial charge on any atom is 0.373 e. The van der Waals surface area contributed by atoms with E-state index in [1.54, 1.807) is 30.3 Å². The molecule has 0 saturated heterocycles. The van der Waals surface area contributed by atoms with Gasteiger partial charge in [-0.3, -0.25) is 10.1 Å². The number of para-hydroxylation sites is 1. The van der Waals surface area contributed by atoms with Gasteiger partial charge in [0.05, 0.1) is 4.92 Å². The Bertz CT molecular complexity index is 923. The summed E-state index contributed by atoms with van der Waals surface area (Å²) >= 11 is 0. The highest BCUT2D eigenvalue weighted by molar-refractivity contribution is 5.68. The van der Waals surface area contributed by atoms with Crippen LogP contribution in [0.2, 0.25) is 0 Å². The molecule has 1 N–H and O–H groups in total. The predicted octanol–water partition coefficient (Wildman–Crippen LogP) is 4.20. The SMILES string of the molecule is O=[N+]([O-])c1c(Nc2ccc(F)c(F)c2)ncnc1Oc1ccccc1. The van der Waals surface area contributed by atoms with Crippen LogP contribution in [-0.4, -0.2) is 14.9 Å². The lowest BCUT2D eigenvalue weighted by Gasteiger charge is -2.09. The number of nitro groups is 1. The minimum absolute atomic E-state index is 0.0892. The first-order chi connectivity index (χ1) is 12.0. The van der Waals surface area contributed by atoms with Crippen LogP contribution < -0.4 is 10.1 Å². The molecule has 0 unspecified atom stereocenters. The van der Waals surface area contributed by atoms with Gasteiger partial charge >= 0.3 is 11.6 Å². The first-order valence-corrected chi connectivity index (χ1v) is 6.99. The van der Waals surface area contributed by atoms with Gasteiger partial charge < -0.3 is 10.1 Å². The Labute approximate surface area is 140 Å². The zero-order valence-corrected chi connectivity index (χ0v) is 12.5. The Morgan fingerprint density at radius 2 is 1.80 bits per heavy atom. The Hall–Kier alpha value is -3.62. The van der Waals surface area contributed by atoms with Crippen molar-refractivity contribution in [1.29, 1.82) is 0 Å². The van der Waals surface area contributed by atoms with Crippen LogP contribution in [0, 0.1) is 21.7 Å². The molecule has 0 spiro atoms. The molecule has 2 aromatic carbocycles. The fraction of sp³-hybridized carbons (Fsp3) is 0. The number of nitrogens with one attached hydrogen (secondary N) is 1. The molecule has 1 aromatic heterocycles. The van der Waals surface area contributed by atoms with E-state index in [-0.39, 0.29) is 17.4 Å².